The maximum Gasteiger partial charge on any atom is 0.271 e. The number of fused-ring (bicyclic) bond motifs is 1. The number of thiazole rings is 1. The van der Waals surface area contributed by atoms with E-state index in [1.54, 1.807) is 0 Å². The number of carbonyl (C=O) groups is 1. The van der Waals surface area contributed by atoms with E-state index in [2.05, 4.69) is 10.3 Å². The van der Waals surface area contributed by atoms with Gasteiger partial charge in [0.1, 0.15) is 5.56 Å². The van der Waals surface area contributed by atoms with Crippen LogP contribution in [0.15, 0.2) is 41.3 Å². The summed E-state index contributed by atoms with van der Waals surface area (Å²) in [6.45, 7) is 5.68. The predicted molar refractivity (Wildman–Crippen MR) is 91.1 cm³/mol. The van der Waals surface area contributed by atoms with Gasteiger partial charge in [-0.2, -0.15) is 0 Å². The summed E-state index contributed by atoms with van der Waals surface area (Å²) in [5.74, 6) is -0.406. The number of hydrogen-bond donors (Lipinski definition) is 1. The Balaban J connectivity index is 1.94. The average molecular weight is 327 g/mol. The van der Waals surface area contributed by atoms with Crippen molar-refractivity contribution in [3.63, 3.8) is 0 Å². The molecule has 0 fully saturated rings. The molecule has 1 amide bonds. The summed E-state index contributed by atoms with van der Waals surface area (Å²) < 4.78 is 1.50. The van der Waals surface area contributed by atoms with Gasteiger partial charge in [0, 0.05) is 16.8 Å². The Morgan fingerprint density at radius 1 is 1.26 bits per heavy atom. The van der Waals surface area contributed by atoms with E-state index in [0.717, 1.165) is 16.1 Å². The molecule has 3 rings (SSSR count). The molecule has 0 aliphatic rings. The highest BCUT2D eigenvalue weighted by Gasteiger charge is 2.18. The molecule has 1 atom stereocenters. The van der Waals surface area contributed by atoms with Crippen molar-refractivity contribution in [1.82, 2.24) is 14.7 Å². The maximum absolute atomic E-state index is 12.6. The molecule has 23 heavy (non-hydrogen) atoms. The molecule has 1 unspecified atom stereocenters. The zero-order valence-electron chi connectivity index (χ0n) is 13.2. The Bertz CT molecular complexity index is 928. The summed E-state index contributed by atoms with van der Waals surface area (Å²) in [6.07, 6.45) is 1.36. The molecule has 1 aromatic carbocycles. The zero-order valence-corrected chi connectivity index (χ0v) is 14.0. The van der Waals surface area contributed by atoms with E-state index in [0.29, 0.717) is 4.96 Å². The summed E-state index contributed by atoms with van der Waals surface area (Å²) in [7, 11) is 0. The van der Waals surface area contributed by atoms with Gasteiger partial charge in [-0.3, -0.25) is 14.0 Å². The molecule has 0 bridgehead atoms. The molecule has 0 aliphatic heterocycles. The van der Waals surface area contributed by atoms with Crippen LogP contribution in [-0.4, -0.2) is 15.3 Å². The van der Waals surface area contributed by atoms with Gasteiger partial charge in [-0.25, -0.2) is 4.98 Å². The number of carbonyl (C=O) groups excluding carboxylic acids is 1. The van der Waals surface area contributed by atoms with Crippen LogP contribution in [0.4, 0.5) is 0 Å². The van der Waals surface area contributed by atoms with Crippen molar-refractivity contribution in [2.24, 2.45) is 0 Å². The summed E-state index contributed by atoms with van der Waals surface area (Å²) in [6, 6.07) is 9.44. The van der Waals surface area contributed by atoms with Crippen LogP contribution in [0.25, 0.3) is 4.96 Å². The van der Waals surface area contributed by atoms with E-state index in [9.17, 15) is 9.59 Å². The second kappa shape index (κ2) is 5.96. The molecule has 3 aromatic rings. The molecule has 2 heterocycles. The number of amides is 1. The van der Waals surface area contributed by atoms with Crippen LogP contribution in [0.1, 0.15) is 39.5 Å². The lowest BCUT2D eigenvalue weighted by Gasteiger charge is -2.14. The van der Waals surface area contributed by atoms with Gasteiger partial charge in [-0.1, -0.05) is 30.3 Å². The molecular weight excluding hydrogens is 310 g/mol. The highest BCUT2D eigenvalue weighted by molar-refractivity contribution is 7.17. The van der Waals surface area contributed by atoms with Crippen LogP contribution in [0.5, 0.6) is 0 Å². The first kappa shape index (κ1) is 15.4. The van der Waals surface area contributed by atoms with Gasteiger partial charge >= 0.3 is 0 Å². The number of aryl methyl sites for hydroxylation is 2. The van der Waals surface area contributed by atoms with Crippen molar-refractivity contribution in [3.05, 3.63) is 68.6 Å². The smallest absolute Gasteiger partial charge is 0.271 e. The molecule has 6 heteroatoms. The standard InChI is InChI=1S/C17H17N3O2S/c1-10(13-7-5-4-6-8-13)19-15(21)14-9-18-17-20(16(14)22)11(2)12(3)23-17/h4-10H,1-3H3,(H,19,21). The lowest BCUT2D eigenvalue weighted by atomic mass is 10.1. The largest absolute Gasteiger partial charge is 0.345 e. The number of rotatable bonds is 3. The molecule has 118 valence electrons. The quantitative estimate of drug-likeness (QED) is 0.804. The topological polar surface area (TPSA) is 63.5 Å². The summed E-state index contributed by atoms with van der Waals surface area (Å²) in [5.41, 5.74) is 1.55. The lowest BCUT2D eigenvalue weighted by Crippen LogP contribution is -2.33. The van der Waals surface area contributed by atoms with Crippen LogP contribution >= 0.6 is 11.3 Å². The normalized spacial score (nSPS) is 12.3. The Morgan fingerprint density at radius 2 is 1.96 bits per heavy atom. The molecule has 5 nitrogen and oxygen atoms in total. The first-order valence-electron chi connectivity index (χ1n) is 7.32. The Kier molecular flexibility index (Phi) is 4.00. The number of aromatic nitrogens is 2. The minimum atomic E-state index is -0.406. The third-order valence-corrected chi connectivity index (χ3v) is 4.98. The van der Waals surface area contributed by atoms with Crippen LogP contribution < -0.4 is 10.9 Å². The van der Waals surface area contributed by atoms with E-state index in [1.165, 1.54) is 21.9 Å². The number of hydrogen-bond acceptors (Lipinski definition) is 4. The van der Waals surface area contributed by atoms with Gasteiger partial charge in [-0.15, -0.1) is 11.3 Å². The van der Waals surface area contributed by atoms with Gasteiger partial charge in [-0.05, 0) is 26.3 Å². The molecule has 0 spiro atoms. The van der Waals surface area contributed by atoms with Gasteiger partial charge < -0.3 is 5.32 Å². The average Bonchev–Trinajstić information content (AvgIpc) is 2.84. The molecule has 0 aliphatic carbocycles. The Morgan fingerprint density at radius 3 is 2.65 bits per heavy atom. The lowest BCUT2D eigenvalue weighted by molar-refractivity contribution is 0.0938. The number of nitrogens with one attached hydrogen (secondary N) is 1. The molecule has 0 saturated carbocycles. The fourth-order valence-corrected chi connectivity index (χ4v) is 3.36. The van der Waals surface area contributed by atoms with Crippen LogP contribution in [-0.2, 0) is 0 Å². The van der Waals surface area contributed by atoms with Crippen LogP contribution in [0.3, 0.4) is 0 Å². The minimum Gasteiger partial charge on any atom is -0.345 e. The van der Waals surface area contributed by atoms with Crippen molar-refractivity contribution in [2.75, 3.05) is 0 Å². The van der Waals surface area contributed by atoms with Crippen LogP contribution in [0.2, 0.25) is 0 Å². The van der Waals surface area contributed by atoms with E-state index in [1.807, 2.05) is 51.1 Å². The van der Waals surface area contributed by atoms with Gasteiger partial charge in [0.25, 0.3) is 11.5 Å². The third kappa shape index (κ3) is 2.77. The van der Waals surface area contributed by atoms with Crippen molar-refractivity contribution in [1.29, 1.82) is 0 Å². The Hall–Kier alpha value is -2.47. The highest BCUT2D eigenvalue weighted by Crippen LogP contribution is 2.18. The fourth-order valence-electron chi connectivity index (χ4n) is 2.43. The fraction of sp³-hybridized carbons (Fsp3) is 0.235. The molecule has 1 N–H and O–H groups in total. The summed E-state index contributed by atoms with van der Waals surface area (Å²) >= 11 is 1.44. The Labute approximate surface area is 137 Å². The molecule has 0 saturated heterocycles. The zero-order chi connectivity index (χ0) is 16.6. The molecule has 2 aromatic heterocycles. The first-order valence-corrected chi connectivity index (χ1v) is 8.14. The summed E-state index contributed by atoms with van der Waals surface area (Å²) in [4.78, 5) is 30.9. The van der Waals surface area contributed by atoms with Crippen molar-refractivity contribution in [2.45, 2.75) is 26.8 Å². The van der Waals surface area contributed by atoms with Crippen molar-refractivity contribution >= 4 is 22.2 Å². The van der Waals surface area contributed by atoms with Gasteiger partial charge in [0.15, 0.2) is 4.96 Å². The summed E-state index contributed by atoms with van der Waals surface area (Å²) in [5, 5.41) is 2.86. The van der Waals surface area contributed by atoms with Crippen LogP contribution in [0, 0.1) is 13.8 Å². The van der Waals surface area contributed by atoms with E-state index < -0.39 is 5.91 Å². The first-order chi connectivity index (χ1) is 11.0. The SMILES string of the molecule is Cc1sc2ncc(C(=O)NC(C)c3ccccc3)c(=O)n2c1C. The monoisotopic (exact) mass is 327 g/mol. The van der Waals surface area contributed by atoms with Crippen molar-refractivity contribution in [3.8, 4) is 0 Å². The van der Waals surface area contributed by atoms with Gasteiger partial charge in [0.05, 0.1) is 6.04 Å². The predicted octanol–water partition coefficient (Wildman–Crippen LogP) is 2.86. The molecular formula is C17H17N3O2S. The van der Waals surface area contributed by atoms with E-state index in [4.69, 9.17) is 0 Å². The second-order valence-electron chi connectivity index (χ2n) is 5.44. The van der Waals surface area contributed by atoms with E-state index in [-0.39, 0.29) is 17.2 Å². The maximum atomic E-state index is 12.6. The minimum absolute atomic E-state index is 0.0613. The van der Waals surface area contributed by atoms with E-state index >= 15 is 0 Å². The van der Waals surface area contributed by atoms with Gasteiger partial charge in [0.2, 0.25) is 0 Å². The van der Waals surface area contributed by atoms with Crippen molar-refractivity contribution < 1.29 is 4.79 Å². The second-order valence-corrected chi connectivity index (χ2v) is 6.63. The molecule has 0 radical (unpaired) electrons. The third-order valence-electron chi connectivity index (χ3n) is 3.91. The number of nitrogens with zero attached hydrogens (tertiary/aromatic N) is 2. The highest BCUT2D eigenvalue weighted by atomic mass is 32.1. The number of benzene rings is 1.